The molecule has 1 atom stereocenters. The van der Waals surface area contributed by atoms with Gasteiger partial charge in [0.2, 0.25) is 11.0 Å². The van der Waals surface area contributed by atoms with Gasteiger partial charge in [-0.15, -0.1) is 0 Å². The first kappa shape index (κ1) is 16.0. The van der Waals surface area contributed by atoms with E-state index in [1.54, 1.807) is 12.1 Å². The number of rotatable bonds is 5. The zero-order chi connectivity index (χ0) is 15.1. The molecule has 1 rings (SSSR count). The topological polar surface area (TPSA) is 92.7 Å². The van der Waals surface area contributed by atoms with Crippen LogP contribution in [0.1, 0.15) is 17.3 Å². The molecule has 0 heterocycles. The van der Waals surface area contributed by atoms with Crippen molar-refractivity contribution in [3.05, 3.63) is 29.8 Å². The van der Waals surface area contributed by atoms with Crippen LogP contribution in [0.4, 0.5) is 0 Å². The molecule has 0 aliphatic heterocycles. The lowest BCUT2D eigenvalue weighted by Gasteiger charge is -2.14. The van der Waals surface area contributed by atoms with E-state index in [1.807, 2.05) is 0 Å². The number of methoxy groups -OCH3 is 1. The molecule has 1 aromatic carbocycles. The number of hydrogen-bond acceptors (Lipinski definition) is 6. The lowest BCUT2D eigenvalue weighted by Crippen LogP contribution is -2.42. The Labute approximate surface area is 120 Å². The Balaban J connectivity index is 2.68. The highest BCUT2D eigenvalue weighted by Crippen LogP contribution is 2.22. The first-order chi connectivity index (χ1) is 9.45. The van der Waals surface area contributed by atoms with Crippen LogP contribution in [0, 0.1) is 0 Å². The van der Waals surface area contributed by atoms with E-state index in [0.29, 0.717) is 0 Å². The molecule has 0 aliphatic carbocycles. The molecule has 0 bridgehead atoms. The van der Waals surface area contributed by atoms with Crippen LogP contribution < -0.4 is 5.32 Å². The number of amides is 1. The number of esters is 1. The van der Waals surface area contributed by atoms with Gasteiger partial charge < -0.3 is 15.2 Å². The van der Waals surface area contributed by atoms with Crippen molar-refractivity contribution in [2.75, 3.05) is 12.9 Å². The van der Waals surface area contributed by atoms with Gasteiger partial charge in [0.15, 0.2) is 0 Å². The van der Waals surface area contributed by atoms with Gasteiger partial charge in [-0.3, -0.25) is 9.59 Å². The highest BCUT2D eigenvalue weighted by atomic mass is 32.2. The summed E-state index contributed by atoms with van der Waals surface area (Å²) in [7, 11) is 1.20. The summed E-state index contributed by atoms with van der Waals surface area (Å²) in [4.78, 5) is 34.3. The average Bonchev–Trinajstić information content (AvgIpc) is 2.42. The van der Waals surface area contributed by atoms with E-state index >= 15 is 0 Å². The van der Waals surface area contributed by atoms with Crippen molar-refractivity contribution in [3.63, 3.8) is 0 Å². The number of phenolic OH excluding ortho intramolecular Hbond substituents is 1. The summed E-state index contributed by atoms with van der Waals surface area (Å²) in [5, 5.41) is 11.6. The molecule has 20 heavy (non-hydrogen) atoms. The highest BCUT2D eigenvalue weighted by molar-refractivity contribution is 8.14. The number of ether oxygens (including phenoxy) is 1. The standard InChI is InChI=1S/C13H15NO5S/c1-8(15)14-10(12(17)19-2)7-20-13(18)9-5-3-4-6-11(9)16/h3-6,10,16H,7H2,1-2H3,(H,14,15)/t10-/m0/s1. The number of nitrogens with one attached hydrogen (secondary N) is 1. The molecule has 108 valence electrons. The fraction of sp³-hybridized carbons (Fsp3) is 0.308. The van der Waals surface area contributed by atoms with Gasteiger partial charge in [0.25, 0.3) is 0 Å². The van der Waals surface area contributed by atoms with E-state index in [9.17, 15) is 19.5 Å². The normalized spacial score (nSPS) is 11.5. The Hall–Kier alpha value is -2.02. The van der Waals surface area contributed by atoms with Crippen LogP contribution in [0.3, 0.4) is 0 Å². The van der Waals surface area contributed by atoms with E-state index in [4.69, 9.17) is 0 Å². The highest BCUT2D eigenvalue weighted by Gasteiger charge is 2.22. The van der Waals surface area contributed by atoms with Gasteiger partial charge in [-0.05, 0) is 12.1 Å². The van der Waals surface area contributed by atoms with Crippen LogP contribution in [-0.2, 0) is 14.3 Å². The summed E-state index contributed by atoms with van der Waals surface area (Å²) in [5.74, 6) is -1.12. The van der Waals surface area contributed by atoms with Crippen LogP contribution in [-0.4, -0.2) is 41.0 Å². The minimum absolute atomic E-state index is 0.0272. The quantitative estimate of drug-likeness (QED) is 0.786. The number of carbonyl (C=O) groups is 3. The van der Waals surface area contributed by atoms with Crippen molar-refractivity contribution in [1.29, 1.82) is 0 Å². The van der Waals surface area contributed by atoms with E-state index in [1.165, 1.54) is 26.2 Å². The largest absolute Gasteiger partial charge is 0.507 e. The Morgan fingerprint density at radius 2 is 2.00 bits per heavy atom. The van der Waals surface area contributed by atoms with Crippen molar-refractivity contribution in [1.82, 2.24) is 5.32 Å². The van der Waals surface area contributed by atoms with Gasteiger partial charge in [0.05, 0.1) is 12.7 Å². The Kier molecular flexibility index (Phi) is 6.05. The van der Waals surface area contributed by atoms with Crippen molar-refractivity contribution in [3.8, 4) is 5.75 Å². The molecule has 0 aromatic heterocycles. The molecular weight excluding hydrogens is 282 g/mol. The maximum atomic E-state index is 11.9. The second-order valence-electron chi connectivity index (χ2n) is 3.89. The van der Waals surface area contributed by atoms with E-state index in [2.05, 4.69) is 10.1 Å². The third-order valence-electron chi connectivity index (χ3n) is 2.37. The minimum atomic E-state index is -0.905. The van der Waals surface area contributed by atoms with Gasteiger partial charge in [-0.2, -0.15) is 0 Å². The van der Waals surface area contributed by atoms with Crippen LogP contribution >= 0.6 is 11.8 Å². The van der Waals surface area contributed by atoms with Gasteiger partial charge >= 0.3 is 5.97 Å². The molecule has 0 unspecified atom stereocenters. The molecule has 0 saturated carbocycles. The minimum Gasteiger partial charge on any atom is -0.507 e. The molecular formula is C13H15NO5S. The van der Waals surface area contributed by atoms with Gasteiger partial charge in [-0.25, -0.2) is 4.79 Å². The molecule has 0 aliphatic rings. The summed E-state index contributed by atoms with van der Waals surface area (Å²) >= 11 is 0.823. The van der Waals surface area contributed by atoms with Gasteiger partial charge in [-0.1, -0.05) is 23.9 Å². The number of aromatic hydroxyl groups is 1. The van der Waals surface area contributed by atoms with E-state index in [0.717, 1.165) is 11.8 Å². The fourth-order valence-corrected chi connectivity index (χ4v) is 2.30. The number of thioether (sulfide) groups is 1. The van der Waals surface area contributed by atoms with Crippen molar-refractivity contribution in [2.24, 2.45) is 0 Å². The fourth-order valence-electron chi connectivity index (χ4n) is 1.44. The summed E-state index contributed by atoms with van der Waals surface area (Å²) in [5.41, 5.74) is 0.156. The second-order valence-corrected chi connectivity index (χ2v) is 4.88. The molecule has 0 saturated heterocycles. The van der Waals surface area contributed by atoms with Crippen LogP contribution in [0.25, 0.3) is 0 Å². The van der Waals surface area contributed by atoms with Gasteiger partial charge in [0, 0.05) is 12.7 Å². The zero-order valence-corrected chi connectivity index (χ0v) is 11.9. The summed E-state index contributed by atoms with van der Waals surface area (Å²) < 4.78 is 4.55. The number of benzene rings is 1. The lowest BCUT2D eigenvalue weighted by molar-refractivity contribution is -0.144. The Morgan fingerprint density at radius 3 is 2.55 bits per heavy atom. The number of para-hydroxylation sites is 1. The Morgan fingerprint density at radius 1 is 1.35 bits per heavy atom. The summed E-state index contributed by atoms with van der Waals surface area (Å²) in [6, 6.07) is 5.21. The lowest BCUT2D eigenvalue weighted by atomic mass is 10.2. The first-order valence-corrected chi connectivity index (χ1v) is 6.74. The molecule has 1 aromatic rings. The molecule has 6 nitrogen and oxygen atoms in total. The van der Waals surface area contributed by atoms with E-state index in [-0.39, 0.29) is 22.2 Å². The van der Waals surface area contributed by atoms with Crippen LogP contribution in [0.15, 0.2) is 24.3 Å². The SMILES string of the molecule is COC(=O)[C@H](CSC(=O)c1ccccc1O)NC(C)=O. The maximum Gasteiger partial charge on any atom is 0.329 e. The number of carbonyl (C=O) groups excluding carboxylic acids is 3. The number of phenols is 1. The molecule has 2 N–H and O–H groups in total. The van der Waals surface area contributed by atoms with Crippen LogP contribution in [0.5, 0.6) is 5.75 Å². The molecule has 7 heteroatoms. The predicted molar refractivity (Wildman–Crippen MR) is 74.5 cm³/mol. The monoisotopic (exact) mass is 297 g/mol. The van der Waals surface area contributed by atoms with Crippen molar-refractivity contribution < 1.29 is 24.2 Å². The maximum absolute atomic E-state index is 11.9. The second kappa shape index (κ2) is 7.54. The average molecular weight is 297 g/mol. The first-order valence-electron chi connectivity index (χ1n) is 5.75. The number of hydrogen-bond donors (Lipinski definition) is 2. The predicted octanol–water partition coefficient (Wildman–Crippen LogP) is 0.943. The molecule has 0 radical (unpaired) electrons. The zero-order valence-electron chi connectivity index (χ0n) is 11.1. The smallest absolute Gasteiger partial charge is 0.329 e. The van der Waals surface area contributed by atoms with Gasteiger partial charge in [0.1, 0.15) is 11.8 Å². The molecule has 0 spiro atoms. The van der Waals surface area contributed by atoms with Crippen molar-refractivity contribution >= 4 is 28.8 Å². The summed E-state index contributed by atoms with van der Waals surface area (Å²) in [6.45, 7) is 1.27. The third kappa shape index (κ3) is 4.58. The summed E-state index contributed by atoms with van der Waals surface area (Å²) in [6.07, 6.45) is 0. The van der Waals surface area contributed by atoms with E-state index < -0.39 is 17.9 Å². The molecule has 1 amide bonds. The Bertz CT molecular complexity index is 517. The van der Waals surface area contributed by atoms with Crippen LogP contribution in [0.2, 0.25) is 0 Å². The van der Waals surface area contributed by atoms with Crippen molar-refractivity contribution in [2.45, 2.75) is 13.0 Å². The third-order valence-corrected chi connectivity index (χ3v) is 3.35. The molecule has 0 fully saturated rings.